The Morgan fingerprint density at radius 3 is 2.77 bits per heavy atom. The highest BCUT2D eigenvalue weighted by atomic mass is 32.1. The molecule has 1 aliphatic heterocycles. The smallest absolute Gasteiger partial charge is 0.345 e. The lowest BCUT2D eigenvalue weighted by molar-refractivity contribution is -0.128. The Morgan fingerprint density at radius 1 is 1.23 bits per heavy atom. The maximum absolute atomic E-state index is 12.3. The molecule has 160 valence electrons. The van der Waals surface area contributed by atoms with Gasteiger partial charge in [0.25, 0.3) is 0 Å². The number of amides is 1. The summed E-state index contributed by atoms with van der Waals surface area (Å²) < 4.78 is 0. The van der Waals surface area contributed by atoms with Crippen molar-refractivity contribution in [1.82, 2.24) is 4.90 Å². The van der Waals surface area contributed by atoms with E-state index in [-0.39, 0.29) is 11.9 Å². The van der Waals surface area contributed by atoms with E-state index in [0.717, 1.165) is 43.5 Å². The van der Waals surface area contributed by atoms with E-state index in [4.69, 9.17) is 5.11 Å². The molecular weight excluding hydrogens is 394 g/mol. The zero-order chi connectivity index (χ0) is 21.3. The van der Waals surface area contributed by atoms with Crippen LogP contribution in [0.2, 0.25) is 0 Å². The maximum atomic E-state index is 12.3. The van der Waals surface area contributed by atoms with Gasteiger partial charge >= 0.3 is 5.97 Å². The van der Waals surface area contributed by atoms with Gasteiger partial charge in [0.05, 0.1) is 6.04 Å². The number of aryl methyl sites for hydroxylation is 2. The number of likely N-dealkylation sites (tertiary alicyclic amines) is 1. The second-order valence-corrected chi connectivity index (χ2v) is 9.33. The monoisotopic (exact) mass is 425 g/mol. The number of nitrogens with zero attached hydrogens (tertiary/aromatic N) is 1. The first-order chi connectivity index (χ1) is 14.5. The maximum Gasteiger partial charge on any atom is 0.345 e. The number of carbonyl (C=O) groups is 2. The van der Waals surface area contributed by atoms with E-state index < -0.39 is 5.97 Å². The number of allylic oxidation sites excluding steroid dienone is 1. The first-order valence-corrected chi connectivity index (χ1v) is 11.7. The number of thiophene rings is 1. The molecule has 30 heavy (non-hydrogen) atoms. The number of carboxylic acids is 1. The van der Waals surface area contributed by atoms with Crippen molar-refractivity contribution in [3.63, 3.8) is 0 Å². The third-order valence-electron chi connectivity index (χ3n) is 5.73. The van der Waals surface area contributed by atoms with Crippen LogP contribution in [0.25, 0.3) is 0 Å². The van der Waals surface area contributed by atoms with Crippen LogP contribution in [-0.2, 0) is 17.6 Å². The van der Waals surface area contributed by atoms with Crippen molar-refractivity contribution in [1.29, 1.82) is 0 Å². The summed E-state index contributed by atoms with van der Waals surface area (Å²) in [6, 6.07) is 14.4. The van der Waals surface area contributed by atoms with Gasteiger partial charge in [-0.1, -0.05) is 49.4 Å². The topological polar surface area (TPSA) is 57.6 Å². The highest BCUT2D eigenvalue weighted by Crippen LogP contribution is 2.23. The van der Waals surface area contributed by atoms with Crippen molar-refractivity contribution in [3.05, 3.63) is 69.9 Å². The molecule has 0 radical (unpaired) electrons. The van der Waals surface area contributed by atoms with Crippen molar-refractivity contribution in [2.24, 2.45) is 5.92 Å². The number of hydrogen-bond acceptors (Lipinski definition) is 3. The first-order valence-electron chi connectivity index (χ1n) is 10.8. The highest BCUT2D eigenvalue weighted by Gasteiger charge is 2.28. The minimum absolute atomic E-state index is 0.205. The molecule has 2 atom stereocenters. The lowest BCUT2D eigenvalue weighted by Gasteiger charge is -2.22. The van der Waals surface area contributed by atoms with Gasteiger partial charge in [0, 0.05) is 17.8 Å². The summed E-state index contributed by atoms with van der Waals surface area (Å²) in [5.74, 6) is -0.0161. The fourth-order valence-corrected chi connectivity index (χ4v) is 4.83. The minimum Gasteiger partial charge on any atom is -0.477 e. The van der Waals surface area contributed by atoms with E-state index in [1.807, 2.05) is 11.0 Å². The summed E-state index contributed by atoms with van der Waals surface area (Å²) in [7, 11) is 0. The molecule has 1 saturated heterocycles. The number of rotatable bonds is 11. The van der Waals surface area contributed by atoms with Gasteiger partial charge in [-0.15, -0.1) is 11.3 Å². The molecule has 4 nitrogen and oxygen atoms in total. The van der Waals surface area contributed by atoms with E-state index in [1.54, 1.807) is 6.07 Å². The van der Waals surface area contributed by atoms with Gasteiger partial charge in [-0.05, 0) is 62.1 Å². The molecule has 1 N–H and O–H groups in total. The average Bonchev–Trinajstić information content (AvgIpc) is 3.35. The van der Waals surface area contributed by atoms with Crippen LogP contribution in [0.3, 0.4) is 0 Å². The predicted molar refractivity (Wildman–Crippen MR) is 122 cm³/mol. The molecule has 2 aromatic rings. The number of hydrogen-bond donors (Lipinski definition) is 1. The van der Waals surface area contributed by atoms with Crippen LogP contribution in [0, 0.1) is 5.92 Å². The largest absolute Gasteiger partial charge is 0.477 e. The van der Waals surface area contributed by atoms with E-state index in [9.17, 15) is 9.59 Å². The second-order valence-electron chi connectivity index (χ2n) is 8.16. The Hall–Kier alpha value is -2.40. The van der Waals surface area contributed by atoms with Gasteiger partial charge < -0.3 is 10.0 Å². The molecule has 1 aliphatic rings. The van der Waals surface area contributed by atoms with Crippen molar-refractivity contribution < 1.29 is 14.7 Å². The van der Waals surface area contributed by atoms with Crippen molar-refractivity contribution in [2.45, 2.75) is 57.9 Å². The van der Waals surface area contributed by atoms with Crippen LogP contribution in [-0.4, -0.2) is 34.5 Å². The molecule has 0 spiro atoms. The zero-order valence-electron chi connectivity index (χ0n) is 17.6. The Labute approximate surface area is 183 Å². The van der Waals surface area contributed by atoms with Crippen molar-refractivity contribution in [2.75, 3.05) is 6.54 Å². The van der Waals surface area contributed by atoms with Crippen LogP contribution in [0.15, 0.2) is 54.6 Å². The molecule has 0 aliphatic carbocycles. The normalized spacial score (nSPS) is 17.7. The fourth-order valence-electron chi connectivity index (χ4n) is 3.94. The quantitative estimate of drug-likeness (QED) is 0.478. The van der Waals surface area contributed by atoms with Gasteiger partial charge in [-0.2, -0.15) is 0 Å². The molecule has 5 heteroatoms. The number of carbonyl (C=O) groups excluding carboxylic acids is 1. The Balaban J connectivity index is 1.41. The van der Waals surface area contributed by atoms with Crippen LogP contribution in [0.5, 0.6) is 0 Å². The molecule has 1 aromatic carbocycles. The molecule has 0 bridgehead atoms. The SMILES string of the molecule is CC(C/C=C/C1CCC(=O)N1CCCc1ccc(C(=O)O)s1)CCc1ccccc1. The van der Waals surface area contributed by atoms with Gasteiger partial charge in [-0.25, -0.2) is 4.79 Å². The molecule has 1 fully saturated rings. The average molecular weight is 426 g/mol. The van der Waals surface area contributed by atoms with Crippen LogP contribution in [0.4, 0.5) is 0 Å². The summed E-state index contributed by atoms with van der Waals surface area (Å²) >= 11 is 1.33. The van der Waals surface area contributed by atoms with E-state index in [0.29, 0.717) is 17.2 Å². The van der Waals surface area contributed by atoms with Crippen molar-refractivity contribution >= 4 is 23.2 Å². The molecule has 1 aromatic heterocycles. The zero-order valence-corrected chi connectivity index (χ0v) is 18.4. The number of carboxylic acid groups (broad SMARTS) is 1. The Bertz CT molecular complexity index is 858. The predicted octanol–water partition coefficient (Wildman–Crippen LogP) is 5.59. The summed E-state index contributed by atoms with van der Waals surface area (Å²) in [6.45, 7) is 3.02. The number of benzene rings is 1. The van der Waals surface area contributed by atoms with Gasteiger partial charge in [0.1, 0.15) is 4.88 Å². The molecular formula is C25H31NO3S. The third-order valence-corrected chi connectivity index (χ3v) is 6.87. The first kappa shape index (κ1) is 22.3. The molecule has 3 rings (SSSR count). The summed E-state index contributed by atoms with van der Waals surface area (Å²) in [6.07, 6.45) is 11.0. The summed E-state index contributed by atoms with van der Waals surface area (Å²) in [5, 5.41) is 9.03. The molecule has 2 unspecified atom stereocenters. The number of aromatic carboxylic acids is 1. The fraction of sp³-hybridized carbons (Fsp3) is 0.440. The molecule has 0 saturated carbocycles. The van der Waals surface area contributed by atoms with Crippen LogP contribution in [0.1, 0.15) is 59.1 Å². The third kappa shape index (κ3) is 6.56. The standard InChI is InChI=1S/C25H31NO3S/c1-19(12-13-20-8-3-2-4-9-20)7-5-10-21-14-17-24(27)26(21)18-6-11-22-15-16-23(30-22)25(28)29/h2-5,8-10,15-16,19,21H,6-7,11-14,17-18H2,1H3,(H,28,29)/b10-5+. The lowest BCUT2D eigenvalue weighted by atomic mass is 9.97. The summed E-state index contributed by atoms with van der Waals surface area (Å²) in [5.41, 5.74) is 1.39. The lowest BCUT2D eigenvalue weighted by Crippen LogP contribution is -2.32. The van der Waals surface area contributed by atoms with Crippen LogP contribution >= 0.6 is 11.3 Å². The molecule has 1 amide bonds. The van der Waals surface area contributed by atoms with E-state index >= 15 is 0 Å². The Kier molecular flexibility index (Phi) is 8.26. The minimum atomic E-state index is -0.871. The van der Waals surface area contributed by atoms with E-state index in [2.05, 4.69) is 49.4 Å². The van der Waals surface area contributed by atoms with Gasteiger partial charge in [0.2, 0.25) is 5.91 Å². The Morgan fingerprint density at radius 2 is 2.03 bits per heavy atom. The molecule has 2 heterocycles. The second kappa shape index (κ2) is 11.1. The van der Waals surface area contributed by atoms with Crippen molar-refractivity contribution in [3.8, 4) is 0 Å². The highest BCUT2D eigenvalue weighted by molar-refractivity contribution is 7.13. The van der Waals surface area contributed by atoms with Crippen LogP contribution < -0.4 is 0 Å². The van der Waals surface area contributed by atoms with Gasteiger partial charge in [0.15, 0.2) is 0 Å². The van der Waals surface area contributed by atoms with E-state index in [1.165, 1.54) is 23.3 Å². The van der Waals surface area contributed by atoms with Gasteiger partial charge in [-0.3, -0.25) is 4.79 Å². The summed E-state index contributed by atoms with van der Waals surface area (Å²) in [4.78, 5) is 26.7.